The lowest BCUT2D eigenvalue weighted by Gasteiger charge is -2.05. The van der Waals surface area contributed by atoms with E-state index >= 15 is 0 Å². The Balaban J connectivity index is 1.86. The molecule has 3 N–H and O–H groups in total. The van der Waals surface area contributed by atoms with Gasteiger partial charge in [0.25, 0.3) is 15.9 Å². The molecule has 1 aromatic heterocycles. The average Bonchev–Trinajstić information content (AvgIpc) is 2.98. The van der Waals surface area contributed by atoms with Gasteiger partial charge in [0.15, 0.2) is 0 Å². The Labute approximate surface area is 148 Å². The van der Waals surface area contributed by atoms with E-state index in [1.54, 1.807) is 24.3 Å². The van der Waals surface area contributed by atoms with Crippen LogP contribution in [0.4, 0.5) is 0 Å². The molecule has 6 nitrogen and oxygen atoms in total. The van der Waals surface area contributed by atoms with Gasteiger partial charge in [0.05, 0.1) is 16.4 Å². The Morgan fingerprint density at radius 3 is 2.67 bits per heavy atom. The van der Waals surface area contributed by atoms with Crippen LogP contribution in [0.15, 0.2) is 40.6 Å². The van der Waals surface area contributed by atoms with E-state index in [0.717, 1.165) is 11.3 Å². The molecule has 2 aromatic rings. The fourth-order valence-electron chi connectivity index (χ4n) is 1.67. The molecular weight excluding hydrogens is 372 g/mol. The molecule has 126 valence electrons. The summed E-state index contributed by atoms with van der Waals surface area (Å²) in [5, 5.41) is 0. The number of nitrogens with one attached hydrogen (secondary N) is 1. The zero-order chi connectivity index (χ0) is 17.6. The number of primary amides is 1. The summed E-state index contributed by atoms with van der Waals surface area (Å²) in [6, 6.07) is 9.46. The number of halogens is 1. The van der Waals surface area contributed by atoms with Crippen LogP contribution in [0.2, 0.25) is 4.34 Å². The molecule has 0 bridgehead atoms. The van der Waals surface area contributed by atoms with E-state index in [9.17, 15) is 13.2 Å². The minimum Gasteiger partial charge on any atom is -0.480 e. The van der Waals surface area contributed by atoms with Crippen molar-refractivity contribution in [1.82, 2.24) is 4.72 Å². The topological polar surface area (TPSA) is 98.5 Å². The van der Waals surface area contributed by atoms with E-state index in [2.05, 4.69) is 16.6 Å². The Bertz CT molecular complexity index is 897. The number of benzene rings is 1. The first-order valence-electron chi connectivity index (χ1n) is 6.62. The smallest absolute Gasteiger partial charge is 0.252 e. The highest BCUT2D eigenvalue weighted by Gasteiger charge is 2.15. The first-order chi connectivity index (χ1) is 11.4. The molecule has 0 spiro atoms. The van der Waals surface area contributed by atoms with Crippen molar-refractivity contribution in [2.24, 2.45) is 5.73 Å². The standard InChI is InChI=1S/C15H13ClN2O4S2/c16-13-7-8-14(23-13)24(20,21)18-9-3-4-10-22-12-6-2-1-5-11(12)15(17)19/h1-2,5-8,18H,9-10H2,(H2,17,19). The second-order valence-electron chi connectivity index (χ2n) is 4.39. The van der Waals surface area contributed by atoms with Crippen LogP contribution in [-0.2, 0) is 10.0 Å². The van der Waals surface area contributed by atoms with E-state index in [0.29, 0.717) is 10.1 Å². The van der Waals surface area contributed by atoms with Crippen LogP contribution < -0.4 is 15.2 Å². The normalized spacial score (nSPS) is 10.7. The maximum atomic E-state index is 11.9. The van der Waals surface area contributed by atoms with Crippen molar-refractivity contribution in [1.29, 1.82) is 0 Å². The van der Waals surface area contributed by atoms with Crippen LogP contribution in [0.3, 0.4) is 0 Å². The van der Waals surface area contributed by atoms with Gasteiger partial charge >= 0.3 is 0 Å². The SMILES string of the molecule is NC(=O)c1ccccc1OCC#CCNS(=O)(=O)c1ccc(Cl)s1. The molecule has 0 aliphatic heterocycles. The van der Waals surface area contributed by atoms with Crippen molar-refractivity contribution in [3.05, 3.63) is 46.3 Å². The predicted octanol–water partition coefficient (Wildman–Crippen LogP) is 1.86. The van der Waals surface area contributed by atoms with Gasteiger partial charge in [-0.1, -0.05) is 35.6 Å². The third-order valence-electron chi connectivity index (χ3n) is 2.74. The van der Waals surface area contributed by atoms with E-state index in [4.69, 9.17) is 22.1 Å². The molecule has 24 heavy (non-hydrogen) atoms. The molecule has 1 heterocycles. The first-order valence-corrected chi connectivity index (χ1v) is 9.30. The van der Waals surface area contributed by atoms with Gasteiger partial charge in [-0.25, -0.2) is 8.42 Å². The molecule has 1 aromatic carbocycles. The molecule has 0 unspecified atom stereocenters. The first kappa shape index (κ1) is 18.3. The van der Waals surface area contributed by atoms with Crippen molar-refractivity contribution in [2.45, 2.75) is 4.21 Å². The van der Waals surface area contributed by atoms with E-state index < -0.39 is 15.9 Å². The summed E-state index contributed by atoms with van der Waals surface area (Å²) in [5.41, 5.74) is 5.49. The minimum atomic E-state index is -3.62. The van der Waals surface area contributed by atoms with Crippen molar-refractivity contribution < 1.29 is 17.9 Å². The Hall–Kier alpha value is -2.05. The van der Waals surface area contributed by atoms with Crippen LogP contribution in [0.25, 0.3) is 0 Å². The van der Waals surface area contributed by atoms with Crippen molar-refractivity contribution in [3.63, 3.8) is 0 Å². The number of carbonyl (C=O) groups is 1. The number of para-hydroxylation sites is 1. The highest BCUT2D eigenvalue weighted by atomic mass is 35.5. The summed E-state index contributed by atoms with van der Waals surface area (Å²) >= 11 is 6.67. The molecule has 0 saturated carbocycles. The number of nitrogens with two attached hydrogens (primary N) is 1. The lowest BCUT2D eigenvalue weighted by atomic mass is 10.2. The molecule has 0 aliphatic carbocycles. The van der Waals surface area contributed by atoms with Crippen LogP contribution >= 0.6 is 22.9 Å². The molecular formula is C15H13ClN2O4S2. The van der Waals surface area contributed by atoms with E-state index in [1.165, 1.54) is 12.1 Å². The number of amides is 1. The maximum absolute atomic E-state index is 11.9. The van der Waals surface area contributed by atoms with E-state index in [-0.39, 0.29) is 22.9 Å². The van der Waals surface area contributed by atoms with Gasteiger partial charge in [-0.15, -0.1) is 11.3 Å². The summed E-state index contributed by atoms with van der Waals surface area (Å²) < 4.78 is 32.0. The van der Waals surface area contributed by atoms with Gasteiger partial charge in [0.1, 0.15) is 16.6 Å². The highest BCUT2D eigenvalue weighted by Crippen LogP contribution is 2.25. The predicted molar refractivity (Wildman–Crippen MR) is 92.7 cm³/mol. The minimum absolute atomic E-state index is 0.00312. The van der Waals surface area contributed by atoms with Crippen LogP contribution in [0, 0.1) is 11.8 Å². The second kappa shape index (κ2) is 8.17. The summed E-state index contributed by atoms with van der Waals surface area (Å²) in [5.74, 6) is 5.01. The lowest BCUT2D eigenvalue weighted by molar-refractivity contribution is 0.0997. The van der Waals surface area contributed by atoms with Gasteiger partial charge in [0.2, 0.25) is 0 Å². The van der Waals surface area contributed by atoms with Gasteiger partial charge in [-0.3, -0.25) is 4.79 Å². The largest absolute Gasteiger partial charge is 0.480 e. The van der Waals surface area contributed by atoms with Crippen molar-refractivity contribution in [2.75, 3.05) is 13.2 Å². The lowest BCUT2D eigenvalue weighted by Crippen LogP contribution is -2.23. The number of rotatable bonds is 6. The Morgan fingerprint density at radius 2 is 2.00 bits per heavy atom. The molecule has 2 rings (SSSR count). The third-order valence-corrected chi connectivity index (χ3v) is 5.87. The summed E-state index contributed by atoms with van der Waals surface area (Å²) in [4.78, 5) is 11.2. The molecule has 0 radical (unpaired) electrons. The number of sulfonamides is 1. The fourth-order valence-corrected chi connectivity index (χ4v) is 4.12. The zero-order valence-electron chi connectivity index (χ0n) is 12.3. The van der Waals surface area contributed by atoms with Gasteiger partial charge in [-0.2, -0.15) is 4.72 Å². The van der Waals surface area contributed by atoms with Crippen LogP contribution in [0.5, 0.6) is 5.75 Å². The zero-order valence-corrected chi connectivity index (χ0v) is 14.7. The summed E-state index contributed by atoms with van der Waals surface area (Å²) in [6.45, 7) is -0.0739. The quantitative estimate of drug-likeness (QED) is 0.742. The van der Waals surface area contributed by atoms with E-state index in [1.807, 2.05) is 0 Å². The third kappa shape index (κ3) is 4.97. The monoisotopic (exact) mass is 384 g/mol. The number of thiophene rings is 1. The van der Waals surface area contributed by atoms with Crippen LogP contribution in [0.1, 0.15) is 10.4 Å². The molecule has 0 saturated heterocycles. The molecule has 0 fully saturated rings. The Morgan fingerprint density at radius 1 is 1.25 bits per heavy atom. The number of hydrogen-bond donors (Lipinski definition) is 2. The molecule has 0 atom stereocenters. The van der Waals surface area contributed by atoms with Crippen molar-refractivity contribution >= 4 is 38.9 Å². The molecule has 0 aliphatic rings. The van der Waals surface area contributed by atoms with Gasteiger partial charge < -0.3 is 10.5 Å². The number of carbonyl (C=O) groups excluding carboxylic acids is 1. The van der Waals surface area contributed by atoms with Gasteiger partial charge in [0, 0.05) is 0 Å². The number of hydrogen-bond acceptors (Lipinski definition) is 5. The summed E-state index contributed by atoms with van der Waals surface area (Å²) in [6.07, 6.45) is 0. The maximum Gasteiger partial charge on any atom is 0.252 e. The van der Waals surface area contributed by atoms with Gasteiger partial charge in [-0.05, 0) is 24.3 Å². The second-order valence-corrected chi connectivity index (χ2v) is 8.09. The summed E-state index contributed by atoms with van der Waals surface area (Å²) in [7, 11) is -3.62. The average molecular weight is 385 g/mol. The van der Waals surface area contributed by atoms with Crippen molar-refractivity contribution in [3.8, 4) is 17.6 Å². The molecule has 9 heteroatoms. The molecule has 1 amide bonds. The Kier molecular flexibility index (Phi) is 6.23. The highest BCUT2D eigenvalue weighted by molar-refractivity contribution is 7.91. The van der Waals surface area contributed by atoms with Crippen LogP contribution in [-0.4, -0.2) is 27.5 Å². The number of ether oxygens (including phenoxy) is 1. The fraction of sp³-hybridized carbons (Fsp3) is 0.133.